The minimum atomic E-state index is -0.262. The number of nitrogens with zero attached hydrogens (tertiary/aromatic N) is 4. The molecule has 0 bridgehead atoms. The summed E-state index contributed by atoms with van der Waals surface area (Å²) < 4.78 is 13.0. The van der Waals surface area contributed by atoms with Crippen LogP contribution in [0.15, 0.2) is 23.1 Å². The van der Waals surface area contributed by atoms with Crippen LogP contribution in [0.1, 0.15) is 44.1 Å². The van der Waals surface area contributed by atoms with Gasteiger partial charge >= 0.3 is 0 Å². The van der Waals surface area contributed by atoms with Crippen molar-refractivity contribution >= 4 is 22.6 Å². The van der Waals surface area contributed by atoms with Crippen molar-refractivity contribution in [2.45, 2.75) is 52.2 Å². The van der Waals surface area contributed by atoms with Crippen molar-refractivity contribution in [3.63, 3.8) is 0 Å². The van der Waals surface area contributed by atoms with E-state index in [0.717, 1.165) is 49.3 Å². The molecule has 1 saturated heterocycles. The summed E-state index contributed by atoms with van der Waals surface area (Å²) >= 11 is 0. The van der Waals surface area contributed by atoms with Gasteiger partial charge in [-0.15, -0.1) is 0 Å². The van der Waals surface area contributed by atoms with E-state index in [-0.39, 0.29) is 23.7 Å². The normalized spacial score (nSPS) is 15.2. The molecule has 0 aliphatic carbocycles. The van der Waals surface area contributed by atoms with E-state index in [1.165, 1.54) is 6.26 Å². The van der Waals surface area contributed by atoms with E-state index in [1.54, 1.807) is 6.20 Å². The van der Waals surface area contributed by atoms with Crippen molar-refractivity contribution < 1.29 is 13.9 Å². The van der Waals surface area contributed by atoms with Crippen LogP contribution in [0, 0.1) is 0 Å². The second-order valence-corrected chi connectivity index (χ2v) is 7.44. The van der Waals surface area contributed by atoms with E-state index >= 15 is 0 Å². The van der Waals surface area contributed by atoms with Crippen LogP contribution in [0.25, 0.3) is 22.5 Å². The molecule has 1 aliphatic heterocycles. The maximum absolute atomic E-state index is 12.3. The zero-order chi connectivity index (χ0) is 20.4. The number of pyridine rings is 1. The van der Waals surface area contributed by atoms with Crippen LogP contribution in [0.5, 0.6) is 0 Å². The van der Waals surface area contributed by atoms with Gasteiger partial charge in [-0.2, -0.15) is 5.10 Å². The molecule has 3 aromatic rings. The Morgan fingerprint density at radius 3 is 2.83 bits per heavy atom. The molecule has 0 spiro atoms. The second kappa shape index (κ2) is 8.20. The Bertz CT molecular complexity index is 1000. The first-order valence-electron chi connectivity index (χ1n) is 10.0. The minimum Gasteiger partial charge on any atom is -0.443 e. The Morgan fingerprint density at radius 2 is 2.10 bits per heavy atom. The monoisotopic (exact) mass is 398 g/mol. The fourth-order valence-corrected chi connectivity index (χ4v) is 3.46. The number of aromatic nitrogens is 4. The van der Waals surface area contributed by atoms with Crippen LogP contribution in [-0.2, 0) is 11.3 Å². The zero-order valence-corrected chi connectivity index (χ0v) is 16.9. The maximum atomic E-state index is 12.3. The molecule has 0 saturated carbocycles. The first kappa shape index (κ1) is 19.4. The molecule has 0 aromatic carbocycles. The van der Waals surface area contributed by atoms with E-state index < -0.39 is 0 Å². The number of hydrogen-bond acceptors (Lipinski definition) is 7. The predicted molar refractivity (Wildman–Crippen MR) is 109 cm³/mol. The van der Waals surface area contributed by atoms with Gasteiger partial charge in [-0.3, -0.25) is 4.79 Å². The number of ether oxygens (including phenoxy) is 1. The Morgan fingerprint density at radius 1 is 1.31 bits per heavy atom. The highest BCUT2D eigenvalue weighted by molar-refractivity contribution is 5.97. The van der Waals surface area contributed by atoms with Gasteiger partial charge in [0.15, 0.2) is 11.3 Å². The number of carbonyl (C=O) groups excluding carboxylic acids is 1. The van der Waals surface area contributed by atoms with Crippen LogP contribution < -0.4 is 10.6 Å². The predicted octanol–water partition coefficient (Wildman–Crippen LogP) is 2.84. The summed E-state index contributed by atoms with van der Waals surface area (Å²) in [6, 6.07) is 0.294. The number of aryl methyl sites for hydroxylation is 1. The van der Waals surface area contributed by atoms with E-state index in [2.05, 4.69) is 25.7 Å². The molecule has 0 atom stereocenters. The van der Waals surface area contributed by atoms with Gasteiger partial charge in [0.2, 0.25) is 5.89 Å². The molecule has 154 valence electrons. The molecule has 2 N–H and O–H groups in total. The number of carbonyl (C=O) groups is 1. The highest BCUT2D eigenvalue weighted by Crippen LogP contribution is 2.34. The lowest BCUT2D eigenvalue weighted by Crippen LogP contribution is -2.30. The molecule has 0 unspecified atom stereocenters. The van der Waals surface area contributed by atoms with Gasteiger partial charge in [-0.25, -0.2) is 14.6 Å². The van der Waals surface area contributed by atoms with Crippen molar-refractivity contribution in [1.29, 1.82) is 0 Å². The SMILES string of the molecule is CCn1ncc2c(NC3CCOCC3)c(-c3nc(C(=O)NC(C)C)co3)cnc21. The molecule has 9 nitrogen and oxygen atoms in total. The van der Waals surface area contributed by atoms with Crippen LogP contribution in [0.4, 0.5) is 5.69 Å². The van der Waals surface area contributed by atoms with Gasteiger partial charge in [0.05, 0.1) is 22.8 Å². The molecule has 4 heterocycles. The fraction of sp³-hybridized carbons (Fsp3) is 0.500. The quantitative estimate of drug-likeness (QED) is 0.657. The smallest absolute Gasteiger partial charge is 0.273 e. The van der Waals surface area contributed by atoms with Gasteiger partial charge in [-0.1, -0.05) is 0 Å². The highest BCUT2D eigenvalue weighted by Gasteiger charge is 2.23. The topological polar surface area (TPSA) is 107 Å². The lowest BCUT2D eigenvalue weighted by molar-refractivity contribution is 0.0904. The average molecular weight is 398 g/mol. The Labute approximate surface area is 168 Å². The fourth-order valence-electron chi connectivity index (χ4n) is 3.46. The molecular weight excluding hydrogens is 372 g/mol. The van der Waals surface area contributed by atoms with E-state index in [4.69, 9.17) is 9.15 Å². The summed E-state index contributed by atoms with van der Waals surface area (Å²) in [7, 11) is 0. The van der Waals surface area contributed by atoms with Crippen molar-refractivity contribution in [3.8, 4) is 11.5 Å². The van der Waals surface area contributed by atoms with Crippen LogP contribution in [0.2, 0.25) is 0 Å². The molecule has 1 aliphatic rings. The Balaban J connectivity index is 1.74. The molecule has 29 heavy (non-hydrogen) atoms. The zero-order valence-electron chi connectivity index (χ0n) is 16.9. The van der Waals surface area contributed by atoms with Crippen LogP contribution in [0.3, 0.4) is 0 Å². The minimum absolute atomic E-state index is 0.0197. The third kappa shape index (κ3) is 3.95. The summed E-state index contributed by atoms with van der Waals surface area (Å²) in [5, 5.41) is 11.8. The van der Waals surface area contributed by atoms with Gasteiger partial charge in [-0.05, 0) is 33.6 Å². The van der Waals surface area contributed by atoms with Gasteiger partial charge < -0.3 is 19.8 Å². The molecule has 9 heteroatoms. The number of oxazole rings is 1. The number of hydrogen-bond donors (Lipinski definition) is 2. The summed E-state index contributed by atoms with van der Waals surface area (Å²) in [6.45, 7) is 8.02. The first-order valence-corrected chi connectivity index (χ1v) is 10.0. The second-order valence-electron chi connectivity index (χ2n) is 7.44. The van der Waals surface area contributed by atoms with E-state index in [9.17, 15) is 4.79 Å². The van der Waals surface area contributed by atoms with Gasteiger partial charge in [0, 0.05) is 38.0 Å². The number of nitrogens with one attached hydrogen (secondary N) is 2. The summed E-state index contributed by atoms with van der Waals surface area (Å²) in [5.74, 6) is 0.0916. The molecule has 1 fully saturated rings. The number of fused-ring (bicyclic) bond motifs is 1. The highest BCUT2D eigenvalue weighted by atomic mass is 16.5. The summed E-state index contributed by atoms with van der Waals surface area (Å²) in [4.78, 5) is 21.3. The third-order valence-corrected chi connectivity index (χ3v) is 4.92. The van der Waals surface area contributed by atoms with Gasteiger partial charge in [0.1, 0.15) is 6.26 Å². The molecule has 4 rings (SSSR count). The molecular formula is C20H26N6O3. The molecule has 3 aromatic heterocycles. The van der Waals surface area contributed by atoms with Crippen LogP contribution in [-0.4, -0.2) is 51.0 Å². The summed E-state index contributed by atoms with van der Waals surface area (Å²) in [6.07, 6.45) is 6.75. The van der Waals surface area contributed by atoms with Crippen molar-refractivity contribution in [1.82, 2.24) is 25.1 Å². The lowest BCUT2D eigenvalue weighted by atomic mass is 10.1. The van der Waals surface area contributed by atoms with Crippen molar-refractivity contribution in [2.24, 2.45) is 0 Å². The lowest BCUT2D eigenvalue weighted by Gasteiger charge is -2.25. The molecule has 0 radical (unpaired) electrons. The van der Waals surface area contributed by atoms with E-state index in [1.807, 2.05) is 31.6 Å². The average Bonchev–Trinajstić information content (AvgIpc) is 3.36. The van der Waals surface area contributed by atoms with E-state index in [0.29, 0.717) is 11.5 Å². The van der Waals surface area contributed by atoms with Crippen molar-refractivity contribution in [2.75, 3.05) is 18.5 Å². The third-order valence-electron chi connectivity index (χ3n) is 4.92. The maximum Gasteiger partial charge on any atom is 0.273 e. The number of amides is 1. The Hall–Kier alpha value is -2.94. The first-order chi connectivity index (χ1) is 14.1. The Kier molecular flexibility index (Phi) is 5.48. The standard InChI is InChI=1S/C20H26N6O3/c1-4-26-18-14(10-22-26)17(24-13-5-7-28-8-6-13)15(9-21-18)20-25-16(11-29-20)19(27)23-12(2)3/h9-13H,4-8H2,1-3H3,(H,21,24)(H,23,27). The molecule has 1 amide bonds. The largest absolute Gasteiger partial charge is 0.443 e. The number of rotatable bonds is 6. The number of anilines is 1. The summed E-state index contributed by atoms with van der Waals surface area (Å²) in [5.41, 5.74) is 2.63. The van der Waals surface area contributed by atoms with Crippen LogP contribution >= 0.6 is 0 Å². The van der Waals surface area contributed by atoms with Crippen molar-refractivity contribution in [3.05, 3.63) is 24.4 Å². The van der Waals surface area contributed by atoms with Gasteiger partial charge in [0.25, 0.3) is 5.91 Å².